The molecule has 1 rings (SSSR count). The molecule has 0 aliphatic carbocycles. The molecule has 1 aromatic carbocycles. The van der Waals surface area contributed by atoms with Crippen molar-refractivity contribution in [3.8, 4) is 0 Å². The normalized spacial score (nSPS) is 9.73. The fourth-order valence-corrected chi connectivity index (χ4v) is 1.30. The van der Waals surface area contributed by atoms with E-state index < -0.39 is 0 Å². The van der Waals surface area contributed by atoms with Gasteiger partial charge in [0.05, 0.1) is 5.02 Å². The maximum Gasteiger partial charge on any atom is 0.124 e. The molecule has 0 heterocycles. The van der Waals surface area contributed by atoms with E-state index in [-0.39, 0.29) is 5.82 Å². The topological polar surface area (TPSA) is 0 Å². The predicted molar refractivity (Wildman–Crippen MR) is 46.2 cm³/mol. The Labute approximate surface area is 70.3 Å². The summed E-state index contributed by atoms with van der Waals surface area (Å²) >= 11 is 5.72. The number of rotatable bonds is 1. The Bertz CT molecular complexity index is 269. The highest BCUT2D eigenvalue weighted by molar-refractivity contribution is 6.32. The average molecular weight is 171 g/mol. The zero-order valence-electron chi connectivity index (χ0n) is 6.20. The lowest BCUT2D eigenvalue weighted by Gasteiger charge is -2.02. The van der Waals surface area contributed by atoms with Crippen molar-refractivity contribution in [2.75, 3.05) is 0 Å². The average Bonchev–Trinajstić information content (AvgIpc) is 1.85. The van der Waals surface area contributed by atoms with E-state index in [1.54, 1.807) is 13.0 Å². The summed E-state index contributed by atoms with van der Waals surface area (Å²) in [5, 5.41) is 0.414. The zero-order chi connectivity index (χ0) is 8.43. The van der Waals surface area contributed by atoms with Crippen molar-refractivity contribution in [1.82, 2.24) is 0 Å². The minimum atomic E-state index is -0.307. The largest absolute Gasteiger partial charge is 0.207 e. The highest BCUT2D eigenvalue weighted by Crippen LogP contribution is 2.22. The third-order valence-electron chi connectivity index (χ3n) is 1.51. The molecule has 0 amide bonds. The van der Waals surface area contributed by atoms with Crippen molar-refractivity contribution >= 4 is 17.7 Å². The van der Waals surface area contributed by atoms with Gasteiger partial charge in [-0.2, -0.15) is 0 Å². The summed E-state index contributed by atoms with van der Waals surface area (Å²) < 4.78 is 12.6. The van der Waals surface area contributed by atoms with Crippen LogP contribution in [0.2, 0.25) is 5.02 Å². The monoisotopic (exact) mass is 170 g/mol. The van der Waals surface area contributed by atoms with Crippen LogP contribution in [0.4, 0.5) is 4.39 Å². The van der Waals surface area contributed by atoms with Crippen LogP contribution >= 0.6 is 11.6 Å². The van der Waals surface area contributed by atoms with Crippen molar-refractivity contribution in [3.05, 3.63) is 40.7 Å². The Balaban J connectivity index is 3.36. The first-order chi connectivity index (χ1) is 5.15. The maximum absolute atomic E-state index is 12.6. The van der Waals surface area contributed by atoms with Gasteiger partial charge in [-0.05, 0) is 30.2 Å². The van der Waals surface area contributed by atoms with Crippen LogP contribution in [-0.4, -0.2) is 0 Å². The molecule has 0 radical (unpaired) electrons. The second-order valence-electron chi connectivity index (χ2n) is 2.32. The second kappa shape index (κ2) is 3.05. The van der Waals surface area contributed by atoms with Crippen LogP contribution in [0, 0.1) is 12.7 Å². The summed E-state index contributed by atoms with van der Waals surface area (Å²) in [6.45, 7) is 5.37. The van der Waals surface area contributed by atoms with Crippen LogP contribution in [0.1, 0.15) is 11.1 Å². The number of halogens is 2. The van der Waals surface area contributed by atoms with E-state index in [0.29, 0.717) is 5.02 Å². The van der Waals surface area contributed by atoms with Crippen LogP contribution in [-0.2, 0) is 0 Å². The standard InChI is InChI=1S/C9H8ClF/c1-3-8-6(2)4-7(11)5-9(8)10/h3-5H,1H2,2H3. The molecule has 0 fully saturated rings. The van der Waals surface area contributed by atoms with Crippen molar-refractivity contribution in [1.29, 1.82) is 0 Å². The molecule has 58 valence electrons. The van der Waals surface area contributed by atoms with E-state index >= 15 is 0 Å². The van der Waals surface area contributed by atoms with Gasteiger partial charge in [-0.1, -0.05) is 24.3 Å². The van der Waals surface area contributed by atoms with Crippen LogP contribution in [0.15, 0.2) is 18.7 Å². The van der Waals surface area contributed by atoms with Gasteiger partial charge in [0.25, 0.3) is 0 Å². The SMILES string of the molecule is C=Cc1c(C)cc(F)cc1Cl. The molecule has 0 spiro atoms. The van der Waals surface area contributed by atoms with Crippen molar-refractivity contribution in [2.24, 2.45) is 0 Å². The van der Waals surface area contributed by atoms with Crippen LogP contribution in [0.3, 0.4) is 0 Å². The molecule has 11 heavy (non-hydrogen) atoms. The van der Waals surface area contributed by atoms with Crippen LogP contribution < -0.4 is 0 Å². The highest BCUT2D eigenvalue weighted by atomic mass is 35.5. The van der Waals surface area contributed by atoms with E-state index in [1.807, 2.05) is 0 Å². The summed E-state index contributed by atoms with van der Waals surface area (Å²) in [5.74, 6) is -0.307. The number of hydrogen-bond donors (Lipinski definition) is 0. The maximum atomic E-state index is 12.6. The number of aryl methyl sites for hydroxylation is 1. The Morgan fingerprint density at radius 3 is 2.64 bits per heavy atom. The molecule has 0 unspecified atom stereocenters. The summed E-state index contributed by atoms with van der Waals surface area (Å²) in [6, 6.07) is 2.72. The van der Waals surface area contributed by atoms with Crippen molar-refractivity contribution < 1.29 is 4.39 Å². The molecule has 0 saturated heterocycles. The molecule has 0 atom stereocenters. The summed E-state index contributed by atoms with van der Waals surface area (Å²) in [7, 11) is 0. The lowest BCUT2D eigenvalue weighted by Crippen LogP contribution is -1.84. The lowest BCUT2D eigenvalue weighted by atomic mass is 10.1. The van der Waals surface area contributed by atoms with E-state index in [0.717, 1.165) is 11.1 Å². The Hall–Kier alpha value is -0.820. The first kappa shape index (κ1) is 8.28. The third-order valence-corrected chi connectivity index (χ3v) is 1.82. The Kier molecular flexibility index (Phi) is 2.30. The van der Waals surface area contributed by atoms with E-state index in [9.17, 15) is 4.39 Å². The van der Waals surface area contributed by atoms with Gasteiger partial charge in [-0.25, -0.2) is 4.39 Å². The molecule has 0 saturated carbocycles. The fraction of sp³-hybridized carbons (Fsp3) is 0.111. The van der Waals surface area contributed by atoms with Crippen molar-refractivity contribution in [2.45, 2.75) is 6.92 Å². The van der Waals surface area contributed by atoms with Gasteiger partial charge in [0.15, 0.2) is 0 Å². The molecule has 0 aromatic heterocycles. The second-order valence-corrected chi connectivity index (χ2v) is 2.73. The van der Waals surface area contributed by atoms with Crippen LogP contribution in [0.25, 0.3) is 6.08 Å². The van der Waals surface area contributed by atoms with Gasteiger partial charge < -0.3 is 0 Å². The molecular weight excluding hydrogens is 163 g/mol. The minimum Gasteiger partial charge on any atom is -0.207 e. The Morgan fingerprint density at radius 1 is 1.55 bits per heavy atom. The summed E-state index contributed by atoms with van der Waals surface area (Å²) in [6.07, 6.45) is 1.62. The molecule has 0 N–H and O–H groups in total. The highest BCUT2D eigenvalue weighted by Gasteiger charge is 2.02. The first-order valence-electron chi connectivity index (χ1n) is 3.23. The summed E-state index contributed by atoms with van der Waals surface area (Å²) in [5.41, 5.74) is 1.61. The van der Waals surface area contributed by atoms with E-state index in [4.69, 9.17) is 11.6 Å². The molecule has 0 nitrogen and oxygen atoms in total. The van der Waals surface area contributed by atoms with Gasteiger partial charge in [0.2, 0.25) is 0 Å². The zero-order valence-corrected chi connectivity index (χ0v) is 6.95. The molecule has 2 heteroatoms. The van der Waals surface area contributed by atoms with Crippen molar-refractivity contribution in [3.63, 3.8) is 0 Å². The van der Waals surface area contributed by atoms with Gasteiger partial charge >= 0.3 is 0 Å². The van der Waals surface area contributed by atoms with Gasteiger partial charge in [-0.3, -0.25) is 0 Å². The molecule has 0 bridgehead atoms. The number of hydrogen-bond acceptors (Lipinski definition) is 0. The lowest BCUT2D eigenvalue weighted by molar-refractivity contribution is 0.626. The molecule has 1 aromatic rings. The first-order valence-corrected chi connectivity index (χ1v) is 3.61. The van der Waals surface area contributed by atoms with Gasteiger partial charge in [0, 0.05) is 0 Å². The van der Waals surface area contributed by atoms with E-state index in [2.05, 4.69) is 6.58 Å². The summed E-state index contributed by atoms with van der Waals surface area (Å²) in [4.78, 5) is 0. The molecule has 0 aliphatic rings. The number of benzene rings is 1. The fourth-order valence-electron chi connectivity index (χ4n) is 0.972. The van der Waals surface area contributed by atoms with Gasteiger partial charge in [0.1, 0.15) is 5.82 Å². The minimum absolute atomic E-state index is 0.307. The van der Waals surface area contributed by atoms with Crippen LogP contribution in [0.5, 0.6) is 0 Å². The van der Waals surface area contributed by atoms with E-state index in [1.165, 1.54) is 12.1 Å². The molecule has 0 aliphatic heterocycles. The predicted octanol–water partition coefficient (Wildman–Crippen LogP) is 3.43. The quantitative estimate of drug-likeness (QED) is 0.606. The smallest absolute Gasteiger partial charge is 0.124 e. The Morgan fingerprint density at radius 2 is 2.18 bits per heavy atom. The molecular formula is C9H8ClF. The van der Waals surface area contributed by atoms with Gasteiger partial charge in [-0.15, -0.1) is 0 Å². The third kappa shape index (κ3) is 1.60.